The number of hydrogen-bond acceptors (Lipinski definition) is 5. The van der Waals surface area contributed by atoms with Gasteiger partial charge in [-0.05, 0) is 62.6 Å². The van der Waals surface area contributed by atoms with E-state index in [1.807, 2.05) is 50.2 Å². The highest BCUT2D eigenvalue weighted by molar-refractivity contribution is 14.0. The Balaban J connectivity index is 0.00000363. The quantitative estimate of drug-likeness (QED) is 0.171. The van der Waals surface area contributed by atoms with E-state index in [2.05, 4.69) is 25.9 Å². The number of carbonyl (C=O) groups excluding carboxylic acids is 1. The van der Waals surface area contributed by atoms with Crippen LogP contribution >= 0.6 is 24.0 Å². The first-order valence-electron chi connectivity index (χ1n) is 10.8. The third-order valence-corrected chi connectivity index (χ3v) is 4.59. The maximum absolute atomic E-state index is 11.7. The first-order chi connectivity index (χ1) is 15.2. The Bertz CT molecular complexity index is 872. The van der Waals surface area contributed by atoms with Crippen LogP contribution in [0, 0.1) is 5.92 Å². The second kappa shape index (κ2) is 13.8. The molecule has 3 N–H and O–H groups in total. The number of halogens is 1. The van der Waals surface area contributed by atoms with E-state index >= 15 is 0 Å². The van der Waals surface area contributed by atoms with Crippen molar-refractivity contribution >= 4 is 35.8 Å². The molecule has 9 heteroatoms. The highest BCUT2D eigenvalue weighted by atomic mass is 127. The SMILES string of the molecule is CCNC(=NCc1ccnc(Oc2ccc(OCC)cc2)c1)NCCNC(=O)C1CC1.I. The van der Waals surface area contributed by atoms with Gasteiger partial charge < -0.3 is 25.4 Å². The Hall–Kier alpha value is -2.56. The molecule has 0 bridgehead atoms. The van der Waals surface area contributed by atoms with E-state index in [4.69, 9.17) is 9.47 Å². The number of hydrogen-bond donors (Lipinski definition) is 3. The summed E-state index contributed by atoms with van der Waals surface area (Å²) in [5.41, 5.74) is 0.982. The number of rotatable bonds is 11. The van der Waals surface area contributed by atoms with Crippen molar-refractivity contribution in [1.29, 1.82) is 0 Å². The first kappa shape index (κ1) is 25.7. The predicted octanol–water partition coefficient (Wildman–Crippen LogP) is 3.47. The smallest absolute Gasteiger partial charge is 0.223 e. The molecule has 0 saturated heterocycles. The van der Waals surface area contributed by atoms with Crippen molar-refractivity contribution in [1.82, 2.24) is 20.9 Å². The number of ether oxygens (including phenoxy) is 2. The van der Waals surface area contributed by atoms with Crippen LogP contribution in [0.2, 0.25) is 0 Å². The Morgan fingerprint density at radius 3 is 2.47 bits per heavy atom. The molecular weight excluding hydrogens is 521 g/mol. The van der Waals surface area contributed by atoms with Crippen LogP contribution in [0.15, 0.2) is 47.6 Å². The minimum absolute atomic E-state index is 0. The summed E-state index contributed by atoms with van der Waals surface area (Å²) in [6.07, 6.45) is 3.74. The summed E-state index contributed by atoms with van der Waals surface area (Å²) in [6.45, 7) is 7.02. The standard InChI is InChI=1S/C23H31N5O3.HI/c1-3-24-23(27-14-13-26-22(29)18-5-6-18)28-16-17-11-12-25-21(15-17)31-20-9-7-19(8-10-20)30-4-2;/h7-12,15,18H,3-6,13-14,16H2,1-2H3,(H,26,29)(H2,24,27,28);1H. The van der Waals surface area contributed by atoms with Gasteiger partial charge in [-0.25, -0.2) is 9.98 Å². The molecule has 1 amide bonds. The summed E-state index contributed by atoms with van der Waals surface area (Å²) in [6, 6.07) is 11.2. The Morgan fingerprint density at radius 1 is 1.06 bits per heavy atom. The zero-order chi connectivity index (χ0) is 21.9. The fourth-order valence-electron chi connectivity index (χ4n) is 2.86. The molecule has 2 aromatic rings. The molecule has 1 aliphatic carbocycles. The van der Waals surface area contributed by atoms with Crippen molar-refractivity contribution in [3.8, 4) is 17.4 Å². The number of nitrogens with zero attached hydrogens (tertiary/aromatic N) is 2. The van der Waals surface area contributed by atoms with Crippen LogP contribution in [-0.2, 0) is 11.3 Å². The highest BCUT2D eigenvalue weighted by Crippen LogP contribution is 2.28. The number of aliphatic imine (C=N–C) groups is 1. The summed E-state index contributed by atoms with van der Waals surface area (Å²) < 4.78 is 11.3. The molecule has 174 valence electrons. The lowest BCUT2D eigenvalue weighted by atomic mass is 10.2. The summed E-state index contributed by atoms with van der Waals surface area (Å²) in [4.78, 5) is 20.6. The van der Waals surface area contributed by atoms with Gasteiger partial charge in [0.05, 0.1) is 13.2 Å². The van der Waals surface area contributed by atoms with Crippen molar-refractivity contribution < 1.29 is 14.3 Å². The van der Waals surface area contributed by atoms with Crippen LogP contribution in [0.5, 0.6) is 17.4 Å². The third kappa shape index (κ3) is 8.89. The van der Waals surface area contributed by atoms with Crippen molar-refractivity contribution in [3.05, 3.63) is 48.2 Å². The van der Waals surface area contributed by atoms with Gasteiger partial charge >= 0.3 is 0 Å². The number of guanidine groups is 1. The summed E-state index contributed by atoms with van der Waals surface area (Å²) in [5.74, 6) is 3.10. The molecule has 0 atom stereocenters. The van der Waals surface area contributed by atoms with E-state index in [-0.39, 0.29) is 35.8 Å². The minimum atomic E-state index is 0. The van der Waals surface area contributed by atoms with Crippen molar-refractivity contribution in [3.63, 3.8) is 0 Å². The van der Waals surface area contributed by atoms with Crippen LogP contribution in [0.3, 0.4) is 0 Å². The molecule has 1 heterocycles. The average Bonchev–Trinajstić information content (AvgIpc) is 3.62. The van der Waals surface area contributed by atoms with Gasteiger partial charge in [-0.3, -0.25) is 4.79 Å². The maximum Gasteiger partial charge on any atom is 0.223 e. The summed E-state index contributed by atoms with van der Waals surface area (Å²) in [5, 5.41) is 9.39. The van der Waals surface area contributed by atoms with Crippen LogP contribution in [0.1, 0.15) is 32.3 Å². The van der Waals surface area contributed by atoms with Crippen molar-refractivity contribution in [2.75, 3.05) is 26.2 Å². The maximum atomic E-state index is 11.7. The van der Waals surface area contributed by atoms with Crippen LogP contribution in [0.25, 0.3) is 0 Å². The Kier molecular flexibility index (Phi) is 11.1. The van der Waals surface area contributed by atoms with E-state index in [1.54, 1.807) is 6.20 Å². The number of pyridine rings is 1. The molecule has 0 unspecified atom stereocenters. The highest BCUT2D eigenvalue weighted by Gasteiger charge is 2.28. The lowest BCUT2D eigenvalue weighted by Crippen LogP contribution is -2.41. The molecule has 1 aromatic heterocycles. The molecule has 0 radical (unpaired) electrons. The third-order valence-electron chi connectivity index (χ3n) is 4.59. The molecule has 0 aliphatic heterocycles. The number of benzene rings is 1. The van der Waals surface area contributed by atoms with Crippen LogP contribution in [0.4, 0.5) is 0 Å². The number of aromatic nitrogens is 1. The van der Waals surface area contributed by atoms with E-state index < -0.39 is 0 Å². The summed E-state index contributed by atoms with van der Waals surface area (Å²) >= 11 is 0. The zero-order valence-corrected chi connectivity index (χ0v) is 20.9. The molecule has 0 spiro atoms. The van der Waals surface area contributed by atoms with Gasteiger partial charge in [-0.15, -0.1) is 24.0 Å². The fraction of sp³-hybridized carbons (Fsp3) is 0.435. The van der Waals surface area contributed by atoms with Gasteiger partial charge in [0.25, 0.3) is 0 Å². The zero-order valence-electron chi connectivity index (χ0n) is 18.6. The Morgan fingerprint density at radius 2 is 1.78 bits per heavy atom. The summed E-state index contributed by atoms with van der Waals surface area (Å²) in [7, 11) is 0. The predicted molar refractivity (Wildman–Crippen MR) is 136 cm³/mol. The van der Waals surface area contributed by atoms with Gasteiger partial charge in [0.2, 0.25) is 11.8 Å². The Labute approximate surface area is 206 Å². The molecular formula is C23H32IN5O3. The lowest BCUT2D eigenvalue weighted by Gasteiger charge is -2.12. The van der Waals surface area contributed by atoms with E-state index in [1.165, 1.54) is 0 Å². The molecule has 1 aliphatic rings. The fourth-order valence-corrected chi connectivity index (χ4v) is 2.86. The normalized spacial score (nSPS) is 13.0. The molecule has 32 heavy (non-hydrogen) atoms. The van der Waals surface area contributed by atoms with Crippen molar-refractivity contribution in [2.24, 2.45) is 10.9 Å². The largest absolute Gasteiger partial charge is 0.494 e. The monoisotopic (exact) mass is 553 g/mol. The van der Waals surface area contributed by atoms with E-state index in [0.29, 0.717) is 43.8 Å². The number of amides is 1. The second-order valence-electron chi connectivity index (χ2n) is 7.20. The van der Waals surface area contributed by atoms with Gasteiger partial charge in [-0.2, -0.15) is 0 Å². The number of carbonyl (C=O) groups is 1. The molecule has 1 aromatic carbocycles. The topological polar surface area (TPSA) is 96.9 Å². The van der Waals surface area contributed by atoms with Gasteiger partial charge in [-0.1, -0.05) is 0 Å². The van der Waals surface area contributed by atoms with Gasteiger partial charge in [0, 0.05) is 37.8 Å². The average molecular weight is 553 g/mol. The van der Waals surface area contributed by atoms with E-state index in [0.717, 1.165) is 30.7 Å². The molecule has 3 rings (SSSR count). The number of nitrogens with one attached hydrogen (secondary N) is 3. The van der Waals surface area contributed by atoms with Crippen molar-refractivity contribution in [2.45, 2.75) is 33.2 Å². The van der Waals surface area contributed by atoms with Gasteiger partial charge in [0.15, 0.2) is 5.96 Å². The van der Waals surface area contributed by atoms with Crippen LogP contribution < -0.4 is 25.4 Å². The first-order valence-corrected chi connectivity index (χ1v) is 10.8. The van der Waals surface area contributed by atoms with E-state index in [9.17, 15) is 4.79 Å². The molecule has 8 nitrogen and oxygen atoms in total. The second-order valence-corrected chi connectivity index (χ2v) is 7.20. The molecule has 1 saturated carbocycles. The van der Waals surface area contributed by atoms with Crippen LogP contribution in [-0.4, -0.2) is 43.1 Å². The minimum Gasteiger partial charge on any atom is -0.494 e. The van der Waals surface area contributed by atoms with Gasteiger partial charge in [0.1, 0.15) is 11.5 Å². The lowest BCUT2D eigenvalue weighted by molar-refractivity contribution is -0.122. The molecule has 1 fully saturated rings.